The van der Waals surface area contributed by atoms with Crippen LogP contribution in [-0.2, 0) is 0 Å². The summed E-state index contributed by atoms with van der Waals surface area (Å²) in [7, 11) is 0. The number of rotatable bonds is 5. The number of halogens is 2. The summed E-state index contributed by atoms with van der Waals surface area (Å²) in [6.07, 6.45) is 1.02. The zero-order valence-electron chi connectivity index (χ0n) is 11.8. The van der Waals surface area contributed by atoms with Crippen LogP contribution in [0.4, 0.5) is 4.39 Å². The molecule has 0 spiro atoms. The SMILES string of the molecule is CCCNC(c1cccc(F)c1)c1ccc(C)c(Cl)c1. The summed E-state index contributed by atoms with van der Waals surface area (Å²) in [5, 5.41) is 4.19. The predicted octanol–water partition coefficient (Wildman–Crippen LogP) is 4.88. The number of nitrogens with one attached hydrogen (secondary N) is 1. The van der Waals surface area contributed by atoms with Crippen molar-refractivity contribution in [3.63, 3.8) is 0 Å². The molecule has 0 fully saturated rings. The van der Waals surface area contributed by atoms with Gasteiger partial charge in [0, 0.05) is 5.02 Å². The zero-order valence-corrected chi connectivity index (χ0v) is 12.5. The third-order valence-electron chi connectivity index (χ3n) is 3.31. The van der Waals surface area contributed by atoms with Gasteiger partial charge >= 0.3 is 0 Å². The maximum absolute atomic E-state index is 13.5. The molecule has 0 saturated carbocycles. The average molecular weight is 292 g/mol. The highest BCUT2D eigenvalue weighted by atomic mass is 35.5. The van der Waals surface area contributed by atoms with Crippen molar-refractivity contribution in [2.24, 2.45) is 0 Å². The van der Waals surface area contributed by atoms with E-state index in [0.29, 0.717) is 0 Å². The quantitative estimate of drug-likeness (QED) is 0.828. The maximum Gasteiger partial charge on any atom is 0.123 e. The highest BCUT2D eigenvalue weighted by molar-refractivity contribution is 6.31. The summed E-state index contributed by atoms with van der Waals surface area (Å²) in [5.41, 5.74) is 3.02. The largest absolute Gasteiger partial charge is 0.306 e. The first-order valence-corrected chi connectivity index (χ1v) is 7.24. The standard InChI is InChI=1S/C17H19ClFN/c1-3-9-20-17(13-5-4-6-15(19)10-13)14-8-7-12(2)16(18)11-14/h4-8,10-11,17,20H,3,9H2,1-2H3. The van der Waals surface area contributed by atoms with E-state index >= 15 is 0 Å². The van der Waals surface area contributed by atoms with Crippen molar-refractivity contribution in [2.75, 3.05) is 6.54 Å². The molecule has 0 aliphatic rings. The van der Waals surface area contributed by atoms with E-state index < -0.39 is 0 Å². The van der Waals surface area contributed by atoms with Crippen molar-refractivity contribution >= 4 is 11.6 Å². The number of benzene rings is 2. The monoisotopic (exact) mass is 291 g/mol. The predicted molar refractivity (Wildman–Crippen MR) is 82.7 cm³/mol. The molecule has 0 saturated heterocycles. The summed E-state index contributed by atoms with van der Waals surface area (Å²) in [5.74, 6) is -0.219. The molecule has 1 N–H and O–H groups in total. The summed E-state index contributed by atoms with van der Waals surface area (Å²) in [6, 6.07) is 12.7. The van der Waals surface area contributed by atoms with Gasteiger partial charge in [0.05, 0.1) is 6.04 Å². The van der Waals surface area contributed by atoms with Crippen molar-refractivity contribution in [3.8, 4) is 0 Å². The van der Waals surface area contributed by atoms with Gasteiger partial charge in [-0.05, 0) is 54.8 Å². The van der Waals surface area contributed by atoms with E-state index in [-0.39, 0.29) is 11.9 Å². The van der Waals surface area contributed by atoms with Crippen LogP contribution in [0.3, 0.4) is 0 Å². The van der Waals surface area contributed by atoms with Gasteiger partial charge in [-0.15, -0.1) is 0 Å². The Morgan fingerprint density at radius 1 is 1.15 bits per heavy atom. The third kappa shape index (κ3) is 3.59. The topological polar surface area (TPSA) is 12.0 Å². The molecule has 0 aliphatic heterocycles. The molecule has 1 atom stereocenters. The molecule has 0 radical (unpaired) electrons. The molecular weight excluding hydrogens is 273 g/mol. The minimum absolute atomic E-state index is 0.0382. The Kier molecular flexibility index (Phi) is 5.16. The van der Waals surface area contributed by atoms with Gasteiger partial charge in [0.2, 0.25) is 0 Å². The van der Waals surface area contributed by atoms with Crippen LogP contribution in [0, 0.1) is 12.7 Å². The Morgan fingerprint density at radius 3 is 2.55 bits per heavy atom. The molecule has 0 aromatic heterocycles. The Hall–Kier alpha value is -1.38. The van der Waals surface area contributed by atoms with Gasteiger partial charge in [-0.2, -0.15) is 0 Å². The Bertz CT molecular complexity index is 583. The molecule has 0 heterocycles. The molecule has 0 aliphatic carbocycles. The van der Waals surface area contributed by atoms with Crippen LogP contribution in [0.2, 0.25) is 5.02 Å². The van der Waals surface area contributed by atoms with Crippen molar-refractivity contribution in [1.29, 1.82) is 0 Å². The lowest BCUT2D eigenvalue weighted by Crippen LogP contribution is -2.23. The van der Waals surface area contributed by atoms with Gasteiger partial charge in [0.1, 0.15) is 5.82 Å². The minimum Gasteiger partial charge on any atom is -0.306 e. The fourth-order valence-electron chi connectivity index (χ4n) is 2.19. The van der Waals surface area contributed by atoms with Gasteiger partial charge in [-0.25, -0.2) is 4.39 Å². The number of hydrogen-bond acceptors (Lipinski definition) is 1. The van der Waals surface area contributed by atoms with Crippen LogP contribution in [0.25, 0.3) is 0 Å². The summed E-state index contributed by atoms with van der Waals surface area (Å²) >= 11 is 6.21. The summed E-state index contributed by atoms with van der Waals surface area (Å²) < 4.78 is 13.5. The lowest BCUT2D eigenvalue weighted by Gasteiger charge is -2.20. The number of hydrogen-bond donors (Lipinski definition) is 1. The highest BCUT2D eigenvalue weighted by Gasteiger charge is 2.14. The van der Waals surface area contributed by atoms with E-state index in [1.807, 2.05) is 31.2 Å². The van der Waals surface area contributed by atoms with Crippen molar-refractivity contribution in [3.05, 3.63) is 70.0 Å². The van der Waals surface area contributed by atoms with Crippen LogP contribution < -0.4 is 5.32 Å². The molecule has 20 heavy (non-hydrogen) atoms. The zero-order chi connectivity index (χ0) is 14.5. The molecule has 1 nitrogen and oxygen atoms in total. The van der Waals surface area contributed by atoms with Crippen LogP contribution >= 0.6 is 11.6 Å². The van der Waals surface area contributed by atoms with E-state index in [1.165, 1.54) is 6.07 Å². The molecule has 2 aromatic rings. The summed E-state index contributed by atoms with van der Waals surface area (Å²) in [6.45, 7) is 4.95. The van der Waals surface area contributed by atoms with Gasteiger partial charge in [-0.3, -0.25) is 0 Å². The van der Waals surface area contributed by atoms with E-state index in [0.717, 1.165) is 34.7 Å². The Balaban J connectivity index is 2.38. The van der Waals surface area contributed by atoms with Crippen molar-refractivity contribution in [2.45, 2.75) is 26.3 Å². The molecule has 3 heteroatoms. The first-order chi connectivity index (χ1) is 9.61. The highest BCUT2D eigenvalue weighted by Crippen LogP contribution is 2.26. The third-order valence-corrected chi connectivity index (χ3v) is 3.72. The lowest BCUT2D eigenvalue weighted by atomic mass is 9.97. The second-order valence-electron chi connectivity index (χ2n) is 4.95. The molecule has 106 valence electrons. The number of aryl methyl sites for hydroxylation is 1. The van der Waals surface area contributed by atoms with Crippen LogP contribution in [0.15, 0.2) is 42.5 Å². The fraction of sp³-hybridized carbons (Fsp3) is 0.294. The fourth-order valence-corrected chi connectivity index (χ4v) is 2.38. The molecule has 2 aromatic carbocycles. The second kappa shape index (κ2) is 6.87. The minimum atomic E-state index is -0.219. The van der Waals surface area contributed by atoms with E-state index in [4.69, 9.17) is 11.6 Å². The Labute approximate surface area is 124 Å². The first kappa shape index (κ1) is 15.0. The maximum atomic E-state index is 13.5. The molecule has 0 amide bonds. The van der Waals surface area contributed by atoms with Gasteiger partial charge in [0.15, 0.2) is 0 Å². The molecule has 2 rings (SSSR count). The van der Waals surface area contributed by atoms with E-state index in [1.54, 1.807) is 12.1 Å². The first-order valence-electron chi connectivity index (χ1n) is 6.86. The second-order valence-corrected chi connectivity index (χ2v) is 5.36. The van der Waals surface area contributed by atoms with Crippen molar-refractivity contribution in [1.82, 2.24) is 5.32 Å². The van der Waals surface area contributed by atoms with Crippen LogP contribution in [0.5, 0.6) is 0 Å². The average Bonchev–Trinajstić information content (AvgIpc) is 2.43. The van der Waals surface area contributed by atoms with E-state index in [9.17, 15) is 4.39 Å². The van der Waals surface area contributed by atoms with Crippen LogP contribution in [0.1, 0.15) is 36.1 Å². The van der Waals surface area contributed by atoms with Crippen molar-refractivity contribution < 1.29 is 4.39 Å². The van der Waals surface area contributed by atoms with Crippen LogP contribution in [-0.4, -0.2) is 6.54 Å². The summed E-state index contributed by atoms with van der Waals surface area (Å²) in [4.78, 5) is 0. The normalized spacial score (nSPS) is 12.4. The van der Waals surface area contributed by atoms with E-state index in [2.05, 4.69) is 12.2 Å². The smallest absolute Gasteiger partial charge is 0.123 e. The molecule has 1 unspecified atom stereocenters. The Morgan fingerprint density at radius 2 is 1.90 bits per heavy atom. The van der Waals surface area contributed by atoms with Gasteiger partial charge in [-0.1, -0.05) is 42.8 Å². The lowest BCUT2D eigenvalue weighted by molar-refractivity contribution is 0.585. The molecular formula is C17H19ClFN. The van der Waals surface area contributed by atoms with Gasteiger partial charge < -0.3 is 5.32 Å². The molecule has 0 bridgehead atoms. The van der Waals surface area contributed by atoms with Gasteiger partial charge in [0.25, 0.3) is 0 Å².